The fourth-order valence-corrected chi connectivity index (χ4v) is 4.46. The molecule has 0 bridgehead atoms. The lowest BCUT2D eigenvalue weighted by molar-refractivity contribution is -0.151. The van der Waals surface area contributed by atoms with Crippen LogP contribution in [0.3, 0.4) is 0 Å². The Balaban J connectivity index is 0.000000251. The molecule has 0 fully saturated rings. The zero-order chi connectivity index (χ0) is 33.6. The number of pyridine rings is 2. The fourth-order valence-electron chi connectivity index (χ4n) is 3.82. The van der Waals surface area contributed by atoms with E-state index >= 15 is 0 Å². The number of aromatic hydroxyl groups is 2. The molecule has 0 aliphatic heterocycles. The number of unbranched alkanes of at least 4 members (excludes halogenated alkanes) is 1. The van der Waals surface area contributed by atoms with Gasteiger partial charge >= 0.3 is 11.9 Å². The van der Waals surface area contributed by atoms with Gasteiger partial charge in [0.25, 0.3) is 0 Å². The number of hydrogen-bond acceptors (Lipinski definition) is 10. The average molecular weight is 854 g/mol. The minimum atomic E-state index is -0.784. The van der Waals surface area contributed by atoms with Crippen LogP contribution in [0.5, 0.6) is 23.0 Å². The summed E-state index contributed by atoms with van der Waals surface area (Å²) in [4.78, 5) is 32.0. The van der Waals surface area contributed by atoms with Gasteiger partial charge in [-0.3, -0.25) is 9.97 Å². The van der Waals surface area contributed by atoms with E-state index in [1.165, 1.54) is 0 Å². The molecule has 2 unspecified atom stereocenters. The number of hydrogen-bond donors (Lipinski definition) is 2. The first-order chi connectivity index (χ1) is 22.0. The lowest BCUT2D eigenvalue weighted by Gasteiger charge is -2.15. The van der Waals surface area contributed by atoms with E-state index in [-0.39, 0.29) is 29.6 Å². The Hall–Kier alpha value is -3.66. The predicted molar refractivity (Wildman–Crippen MR) is 191 cm³/mol. The van der Waals surface area contributed by atoms with Crippen molar-refractivity contribution < 1.29 is 38.7 Å². The molecule has 2 aromatic heterocycles. The number of carbonyl (C=O) groups excluding carboxylic acids is 2. The topological polar surface area (TPSA) is 137 Å². The van der Waals surface area contributed by atoms with Crippen LogP contribution in [0.2, 0.25) is 0 Å². The third-order valence-electron chi connectivity index (χ3n) is 6.26. The van der Waals surface area contributed by atoms with E-state index < -0.39 is 24.1 Å². The molecule has 0 amide bonds. The van der Waals surface area contributed by atoms with Gasteiger partial charge in [0.05, 0.1) is 24.6 Å². The van der Waals surface area contributed by atoms with Gasteiger partial charge in [-0.2, -0.15) is 0 Å². The molecule has 4 aromatic rings. The van der Waals surface area contributed by atoms with Crippen molar-refractivity contribution in [2.24, 2.45) is 0 Å². The second-order valence-electron chi connectivity index (χ2n) is 9.88. The lowest BCUT2D eigenvalue weighted by Crippen LogP contribution is -2.26. The first-order valence-electron chi connectivity index (χ1n) is 14.6. The van der Waals surface area contributed by atoms with Crippen molar-refractivity contribution in [3.8, 4) is 45.5 Å². The summed E-state index contributed by atoms with van der Waals surface area (Å²) in [5.41, 5.74) is 3.05. The summed E-state index contributed by atoms with van der Waals surface area (Å²) in [6, 6.07) is 17.6. The largest absolute Gasteiger partial charge is 0.504 e. The maximum absolute atomic E-state index is 11.8. The van der Waals surface area contributed by atoms with E-state index in [0.717, 1.165) is 42.5 Å². The number of nitrogens with zero attached hydrogens (tertiary/aromatic N) is 2. The Kier molecular flexibility index (Phi) is 14.8. The number of phenols is 2. The highest BCUT2D eigenvalue weighted by molar-refractivity contribution is 14.1. The van der Waals surface area contributed by atoms with Gasteiger partial charge in [0.2, 0.25) is 0 Å². The number of halogens is 2. The van der Waals surface area contributed by atoms with Crippen LogP contribution in [-0.4, -0.2) is 57.5 Å². The monoisotopic (exact) mass is 854 g/mol. The SMILES string of the molecule is CCCCOC(=O)C(C)Oc1ccc(-c2ccc(I)cn2)cc1O.CCOC(=O)C(C)Oc1ccc(-c2ccc(I)cn2)cc1O. The predicted octanol–water partition coefficient (Wildman–Crippen LogP) is 7.56. The van der Waals surface area contributed by atoms with E-state index in [4.69, 9.17) is 18.9 Å². The lowest BCUT2D eigenvalue weighted by atomic mass is 10.1. The highest BCUT2D eigenvalue weighted by Gasteiger charge is 2.19. The Morgan fingerprint density at radius 2 is 1.17 bits per heavy atom. The second kappa shape index (κ2) is 18.5. The van der Waals surface area contributed by atoms with Crippen LogP contribution >= 0.6 is 45.2 Å². The van der Waals surface area contributed by atoms with Crippen LogP contribution in [0.15, 0.2) is 73.1 Å². The van der Waals surface area contributed by atoms with Gasteiger partial charge in [0, 0.05) is 30.7 Å². The molecular weight excluding hydrogens is 818 g/mol. The summed E-state index contributed by atoms with van der Waals surface area (Å²) in [5, 5.41) is 20.2. The third-order valence-corrected chi connectivity index (χ3v) is 7.54. The van der Waals surface area contributed by atoms with E-state index in [2.05, 4.69) is 55.1 Å². The summed E-state index contributed by atoms with van der Waals surface area (Å²) >= 11 is 4.36. The normalized spacial score (nSPS) is 11.8. The molecule has 0 saturated heterocycles. The molecule has 0 saturated carbocycles. The van der Waals surface area contributed by atoms with Gasteiger partial charge in [-0.05, 0) is 133 Å². The van der Waals surface area contributed by atoms with Crippen molar-refractivity contribution in [3.05, 3.63) is 80.2 Å². The first-order valence-corrected chi connectivity index (χ1v) is 16.7. The summed E-state index contributed by atoms with van der Waals surface area (Å²) in [5.74, 6) is -0.523. The number of benzene rings is 2. The smallest absolute Gasteiger partial charge is 0.347 e. The summed E-state index contributed by atoms with van der Waals surface area (Å²) in [6.45, 7) is 7.59. The van der Waals surface area contributed by atoms with Gasteiger partial charge in [-0.1, -0.05) is 13.3 Å². The van der Waals surface area contributed by atoms with E-state index in [0.29, 0.717) is 6.61 Å². The van der Waals surface area contributed by atoms with E-state index in [9.17, 15) is 19.8 Å². The van der Waals surface area contributed by atoms with Crippen LogP contribution in [0, 0.1) is 7.14 Å². The maximum atomic E-state index is 11.8. The molecule has 4 rings (SSSR count). The van der Waals surface area contributed by atoms with Crippen LogP contribution < -0.4 is 9.47 Å². The molecule has 2 N–H and O–H groups in total. The molecule has 0 aliphatic carbocycles. The number of ether oxygens (including phenoxy) is 4. The number of rotatable bonds is 12. The molecule has 0 spiro atoms. The highest BCUT2D eigenvalue weighted by atomic mass is 127. The average Bonchev–Trinajstić information content (AvgIpc) is 3.04. The molecule has 10 nitrogen and oxygen atoms in total. The number of aromatic nitrogens is 2. The van der Waals surface area contributed by atoms with Gasteiger partial charge in [-0.15, -0.1) is 0 Å². The number of phenolic OH excluding ortho intramolecular Hbond substituents is 2. The first kappa shape index (κ1) is 36.8. The molecule has 2 atom stereocenters. The van der Waals surface area contributed by atoms with Crippen molar-refractivity contribution in [1.82, 2.24) is 9.97 Å². The zero-order valence-electron chi connectivity index (χ0n) is 25.9. The Morgan fingerprint density at radius 3 is 1.54 bits per heavy atom. The Bertz CT molecular complexity index is 1580. The molecule has 46 heavy (non-hydrogen) atoms. The highest BCUT2D eigenvalue weighted by Crippen LogP contribution is 2.33. The molecule has 2 heterocycles. The van der Waals surface area contributed by atoms with Gasteiger partial charge < -0.3 is 29.2 Å². The van der Waals surface area contributed by atoms with Crippen LogP contribution in [0.4, 0.5) is 0 Å². The molecule has 2 aromatic carbocycles. The minimum Gasteiger partial charge on any atom is -0.504 e. The van der Waals surface area contributed by atoms with Crippen LogP contribution in [0.25, 0.3) is 22.5 Å². The summed E-state index contributed by atoms with van der Waals surface area (Å²) in [7, 11) is 0. The Morgan fingerprint density at radius 1 is 0.717 bits per heavy atom. The zero-order valence-corrected chi connectivity index (χ0v) is 30.2. The number of esters is 2. The summed E-state index contributed by atoms with van der Waals surface area (Å²) < 4.78 is 23.0. The van der Waals surface area contributed by atoms with E-state index in [1.54, 1.807) is 69.6 Å². The van der Waals surface area contributed by atoms with E-state index in [1.807, 2.05) is 31.2 Å². The Labute approximate surface area is 295 Å². The third kappa shape index (κ3) is 11.3. The van der Waals surface area contributed by atoms with Gasteiger partial charge in [0.1, 0.15) is 0 Å². The van der Waals surface area contributed by atoms with Crippen molar-refractivity contribution in [3.63, 3.8) is 0 Å². The molecule has 244 valence electrons. The molecular formula is C34H36I2N2O8. The maximum Gasteiger partial charge on any atom is 0.347 e. The molecule has 12 heteroatoms. The standard InChI is InChI=1S/C18H20INO4.C16H16INO4/c1-3-4-9-23-18(22)12(2)24-17-8-5-13(10-16(17)21)15-7-6-14(19)11-20-15;1-3-21-16(20)10(2)22-15-7-4-11(8-14(15)19)13-6-5-12(17)9-18-13/h5-8,10-12,21H,3-4,9H2,1-2H3;4-10,19H,3H2,1-2H3. The van der Waals surface area contributed by atoms with Gasteiger partial charge in [-0.25, -0.2) is 9.59 Å². The molecule has 0 radical (unpaired) electrons. The van der Waals surface area contributed by atoms with Crippen molar-refractivity contribution >= 4 is 57.1 Å². The van der Waals surface area contributed by atoms with Crippen molar-refractivity contribution in [2.45, 2.75) is 52.7 Å². The van der Waals surface area contributed by atoms with Crippen LogP contribution in [0.1, 0.15) is 40.5 Å². The minimum absolute atomic E-state index is 0.0407. The van der Waals surface area contributed by atoms with Crippen molar-refractivity contribution in [1.29, 1.82) is 0 Å². The summed E-state index contributed by atoms with van der Waals surface area (Å²) in [6.07, 6.45) is 3.72. The van der Waals surface area contributed by atoms with Crippen molar-refractivity contribution in [2.75, 3.05) is 13.2 Å². The molecule has 0 aliphatic rings. The number of carbonyl (C=O) groups is 2. The second-order valence-corrected chi connectivity index (χ2v) is 12.4. The fraction of sp³-hybridized carbons (Fsp3) is 0.294. The van der Waals surface area contributed by atoms with Crippen LogP contribution in [-0.2, 0) is 19.1 Å². The van der Waals surface area contributed by atoms with Gasteiger partial charge in [0.15, 0.2) is 35.2 Å². The quantitative estimate of drug-likeness (QED) is 0.0835.